The fourth-order valence-electron chi connectivity index (χ4n) is 1.64. The average Bonchev–Trinajstić information content (AvgIpc) is 2.39. The summed E-state index contributed by atoms with van der Waals surface area (Å²) in [7, 11) is -8.69. The van der Waals surface area contributed by atoms with Crippen molar-refractivity contribution in [3.05, 3.63) is 60.7 Å². The molecule has 2 N–H and O–H groups in total. The molecule has 5 nitrogen and oxygen atoms in total. The highest BCUT2D eigenvalue weighted by atomic mass is 31.3. The van der Waals surface area contributed by atoms with Crippen LogP contribution in [0.25, 0.3) is 0 Å². The molecule has 0 atom stereocenters. The zero-order chi connectivity index (χ0) is 13.9. The smallest absolute Gasteiger partial charge is 0.302 e. The molecule has 0 amide bonds. The van der Waals surface area contributed by atoms with E-state index < -0.39 is 15.2 Å². The largest absolute Gasteiger partial charge is 0.475 e. The van der Waals surface area contributed by atoms with Crippen molar-refractivity contribution in [2.75, 3.05) is 0 Å². The zero-order valence-electron chi connectivity index (χ0n) is 9.79. The Bertz CT molecular complexity index is 592. The third-order valence-corrected chi connectivity index (χ3v) is 6.14. The van der Waals surface area contributed by atoms with Gasteiger partial charge in [0.2, 0.25) is 0 Å². The Hall–Kier alpha value is -1.22. The first-order valence-electron chi connectivity index (χ1n) is 5.40. The number of rotatable bonds is 4. The molecule has 2 aromatic rings. The van der Waals surface area contributed by atoms with Crippen LogP contribution in [0.4, 0.5) is 0 Å². The van der Waals surface area contributed by atoms with Crippen LogP contribution in [0.1, 0.15) is 0 Å². The first-order valence-corrected chi connectivity index (χ1v) is 8.55. The lowest BCUT2D eigenvalue weighted by Crippen LogP contribution is -2.17. The van der Waals surface area contributed by atoms with E-state index in [0.717, 1.165) is 0 Å². The molecule has 0 aliphatic heterocycles. The van der Waals surface area contributed by atoms with Crippen molar-refractivity contribution >= 4 is 25.8 Å². The van der Waals surface area contributed by atoms with E-state index in [1.54, 1.807) is 36.4 Å². The topological polar surface area (TPSA) is 83.8 Å². The van der Waals surface area contributed by atoms with Crippen LogP contribution in [0.3, 0.4) is 0 Å². The molecule has 0 heterocycles. The molecule has 2 aromatic carbocycles. The molecule has 100 valence electrons. The fraction of sp³-hybridized carbons (Fsp3) is 0. The summed E-state index contributed by atoms with van der Waals surface area (Å²) >= 11 is 0. The first kappa shape index (κ1) is 14.2. The predicted molar refractivity (Wildman–Crippen MR) is 72.9 cm³/mol. The van der Waals surface area contributed by atoms with Crippen molar-refractivity contribution in [1.82, 2.24) is 0 Å². The standard InChI is InChI=1S/C12H12O5P2/c13-18(17-19(14,15)16,11-7-3-1-4-8-11)12-9-5-2-6-10-12/h1-10H,(H2,14,15,16). The summed E-state index contributed by atoms with van der Waals surface area (Å²) in [5.41, 5.74) is 0. The molecule has 0 saturated heterocycles. The molecule has 0 saturated carbocycles. The molecular weight excluding hydrogens is 286 g/mol. The summed E-state index contributed by atoms with van der Waals surface area (Å²) in [6, 6.07) is 16.0. The van der Waals surface area contributed by atoms with Crippen LogP contribution in [0.5, 0.6) is 0 Å². The van der Waals surface area contributed by atoms with Gasteiger partial charge in [-0.25, -0.2) is 8.88 Å². The Morgan fingerprint density at radius 1 is 0.737 bits per heavy atom. The maximum Gasteiger partial charge on any atom is 0.475 e. The second-order valence-corrected chi connectivity index (χ2v) is 7.56. The summed E-state index contributed by atoms with van der Waals surface area (Å²) < 4.78 is 28.6. The summed E-state index contributed by atoms with van der Waals surface area (Å²) in [6.07, 6.45) is 0. The van der Waals surface area contributed by atoms with Crippen LogP contribution in [0.2, 0.25) is 0 Å². The van der Waals surface area contributed by atoms with E-state index in [0.29, 0.717) is 0 Å². The molecule has 0 unspecified atom stereocenters. The van der Waals surface area contributed by atoms with E-state index in [4.69, 9.17) is 9.79 Å². The molecule has 7 heteroatoms. The highest BCUT2D eigenvalue weighted by Crippen LogP contribution is 2.57. The summed E-state index contributed by atoms with van der Waals surface area (Å²) in [4.78, 5) is 18.0. The zero-order valence-corrected chi connectivity index (χ0v) is 11.6. The second-order valence-electron chi connectivity index (χ2n) is 3.79. The van der Waals surface area contributed by atoms with E-state index >= 15 is 0 Å². The van der Waals surface area contributed by atoms with Crippen LogP contribution < -0.4 is 10.6 Å². The molecular formula is C12H12O5P2. The van der Waals surface area contributed by atoms with Gasteiger partial charge in [-0.3, -0.25) is 4.57 Å². The normalized spacial score (nSPS) is 12.3. The molecule has 0 spiro atoms. The number of phosphoric acid groups is 1. The molecule has 0 aliphatic rings. The van der Waals surface area contributed by atoms with Gasteiger partial charge in [-0.1, -0.05) is 36.4 Å². The van der Waals surface area contributed by atoms with Gasteiger partial charge >= 0.3 is 7.82 Å². The van der Waals surface area contributed by atoms with Gasteiger partial charge < -0.3 is 9.79 Å². The van der Waals surface area contributed by atoms with Crippen molar-refractivity contribution in [2.45, 2.75) is 0 Å². The van der Waals surface area contributed by atoms with Gasteiger partial charge in [0.15, 0.2) is 0 Å². The van der Waals surface area contributed by atoms with Gasteiger partial charge in [0.25, 0.3) is 7.37 Å². The lowest BCUT2D eigenvalue weighted by atomic mass is 10.4. The fourth-order valence-corrected chi connectivity index (χ4v) is 5.02. The first-order chi connectivity index (χ1) is 8.92. The third-order valence-electron chi connectivity index (χ3n) is 2.41. The van der Waals surface area contributed by atoms with Gasteiger partial charge in [-0.2, -0.15) is 0 Å². The van der Waals surface area contributed by atoms with Crippen LogP contribution >= 0.6 is 15.2 Å². The van der Waals surface area contributed by atoms with Crippen LogP contribution in [-0.2, 0) is 13.4 Å². The monoisotopic (exact) mass is 298 g/mol. The lowest BCUT2D eigenvalue weighted by Gasteiger charge is -2.19. The Kier molecular flexibility index (Phi) is 4.04. The van der Waals surface area contributed by atoms with Crippen LogP contribution in [-0.4, -0.2) is 9.79 Å². The van der Waals surface area contributed by atoms with Crippen molar-refractivity contribution in [3.8, 4) is 0 Å². The average molecular weight is 298 g/mol. The van der Waals surface area contributed by atoms with Gasteiger partial charge in [-0.05, 0) is 24.3 Å². The van der Waals surface area contributed by atoms with Crippen molar-refractivity contribution in [3.63, 3.8) is 0 Å². The summed E-state index contributed by atoms with van der Waals surface area (Å²) in [5.74, 6) is 0. The van der Waals surface area contributed by atoms with Crippen molar-refractivity contribution in [2.24, 2.45) is 0 Å². The molecule has 2 rings (SSSR count). The minimum absolute atomic E-state index is 0.240. The maximum atomic E-state index is 12.9. The Labute approximate surface area is 110 Å². The van der Waals surface area contributed by atoms with Gasteiger partial charge in [0, 0.05) is 10.6 Å². The molecule has 0 bridgehead atoms. The van der Waals surface area contributed by atoms with E-state index in [1.165, 1.54) is 24.3 Å². The highest BCUT2D eigenvalue weighted by molar-refractivity contribution is 7.79. The molecule has 0 aliphatic carbocycles. The minimum Gasteiger partial charge on any atom is -0.302 e. The molecule has 19 heavy (non-hydrogen) atoms. The highest BCUT2D eigenvalue weighted by Gasteiger charge is 2.35. The number of hydrogen-bond donors (Lipinski definition) is 2. The summed E-state index contributed by atoms with van der Waals surface area (Å²) in [5, 5.41) is 0.481. The van der Waals surface area contributed by atoms with E-state index in [-0.39, 0.29) is 10.6 Å². The van der Waals surface area contributed by atoms with Gasteiger partial charge in [0.05, 0.1) is 0 Å². The van der Waals surface area contributed by atoms with Crippen LogP contribution in [0, 0.1) is 0 Å². The van der Waals surface area contributed by atoms with Gasteiger partial charge in [0.1, 0.15) is 0 Å². The van der Waals surface area contributed by atoms with E-state index in [2.05, 4.69) is 4.31 Å². The Morgan fingerprint density at radius 3 is 1.42 bits per heavy atom. The predicted octanol–water partition coefficient (Wildman–Crippen LogP) is 2.02. The number of benzene rings is 2. The van der Waals surface area contributed by atoms with Crippen molar-refractivity contribution in [1.29, 1.82) is 0 Å². The SMILES string of the molecule is O=P(O)(O)OP(=O)(c1ccccc1)c1ccccc1. The Morgan fingerprint density at radius 2 is 1.11 bits per heavy atom. The maximum absolute atomic E-state index is 12.9. The van der Waals surface area contributed by atoms with E-state index in [1.807, 2.05) is 0 Å². The molecule has 0 radical (unpaired) electrons. The lowest BCUT2D eigenvalue weighted by molar-refractivity contribution is 0.287. The third kappa shape index (κ3) is 3.41. The van der Waals surface area contributed by atoms with Crippen molar-refractivity contribution < 1.29 is 23.2 Å². The van der Waals surface area contributed by atoms with E-state index in [9.17, 15) is 9.13 Å². The van der Waals surface area contributed by atoms with Gasteiger partial charge in [-0.15, -0.1) is 0 Å². The second kappa shape index (κ2) is 5.41. The summed E-state index contributed by atoms with van der Waals surface area (Å²) in [6.45, 7) is 0. The molecule has 0 fully saturated rings. The minimum atomic E-state index is -4.88. The Balaban J connectivity index is 2.58. The molecule has 0 aromatic heterocycles. The number of hydrogen-bond acceptors (Lipinski definition) is 3. The van der Waals surface area contributed by atoms with Crippen LogP contribution in [0.15, 0.2) is 60.7 Å². The quantitative estimate of drug-likeness (QED) is 0.844.